The number of hydrogen-bond donors (Lipinski definition) is 1. The van der Waals surface area contributed by atoms with E-state index in [2.05, 4.69) is 0 Å². The van der Waals surface area contributed by atoms with Crippen molar-refractivity contribution in [3.05, 3.63) is 0 Å². The summed E-state index contributed by atoms with van der Waals surface area (Å²) in [6.07, 6.45) is 1.44. The van der Waals surface area contributed by atoms with Crippen molar-refractivity contribution in [2.75, 3.05) is 18.1 Å². The highest BCUT2D eigenvalue weighted by Gasteiger charge is 2.44. The Kier molecular flexibility index (Phi) is 6.77. The SMILES string of the molecule is CCCC1SCC(C(=O)O)N1S(=O)(=O)CCOC(C)C. The summed E-state index contributed by atoms with van der Waals surface area (Å²) in [6.45, 7) is 5.71. The Balaban J connectivity index is 2.81. The highest BCUT2D eigenvalue weighted by atomic mass is 32.2. The van der Waals surface area contributed by atoms with Crippen molar-refractivity contribution in [1.82, 2.24) is 4.31 Å². The van der Waals surface area contributed by atoms with E-state index in [0.29, 0.717) is 12.2 Å². The standard InChI is InChI=1S/C12H23NO5S2/c1-4-5-11-13(10(8-19-11)12(14)15)20(16,17)7-6-18-9(2)3/h9-11H,4-8H2,1-3H3,(H,14,15). The number of nitrogens with zero attached hydrogens (tertiary/aromatic N) is 1. The van der Waals surface area contributed by atoms with Gasteiger partial charge in [0.1, 0.15) is 6.04 Å². The molecule has 1 rings (SSSR count). The summed E-state index contributed by atoms with van der Waals surface area (Å²) in [7, 11) is -3.61. The van der Waals surface area contributed by atoms with Gasteiger partial charge in [-0.3, -0.25) is 4.79 Å². The lowest BCUT2D eigenvalue weighted by Gasteiger charge is -2.26. The van der Waals surface area contributed by atoms with Gasteiger partial charge in [0.05, 0.1) is 23.8 Å². The zero-order valence-corrected chi connectivity index (χ0v) is 13.7. The zero-order valence-electron chi connectivity index (χ0n) is 12.1. The van der Waals surface area contributed by atoms with E-state index in [0.717, 1.165) is 6.42 Å². The second-order valence-electron chi connectivity index (χ2n) is 5.00. The summed E-state index contributed by atoms with van der Waals surface area (Å²) in [6, 6.07) is -0.958. The van der Waals surface area contributed by atoms with Crippen LogP contribution in [0.4, 0.5) is 0 Å². The molecule has 2 unspecified atom stereocenters. The number of sulfonamides is 1. The number of carbonyl (C=O) groups is 1. The van der Waals surface area contributed by atoms with Crippen LogP contribution in [0.25, 0.3) is 0 Å². The van der Waals surface area contributed by atoms with Crippen LogP contribution < -0.4 is 0 Å². The van der Waals surface area contributed by atoms with Gasteiger partial charge in [-0.05, 0) is 20.3 Å². The molecule has 1 heterocycles. The van der Waals surface area contributed by atoms with Gasteiger partial charge in [-0.25, -0.2) is 8.42 Å². The second-order valence-corrected chi connectivity index (χ2v) is 8.20. The Hall–Kier alpha value is -0.310. The van der Waals surface area contributed by atoms with Crippen LogP contribution in [0.2, 0.25) is 0 Å². The minimum absolute atomic E-state index is 0.0418. The first kappa shape index (κ1) is 17.7. The molecule has 0 aromatic carbocycles. The second kappa shape index (κ2) is 7.63. The summed E-state index contributed by atoms with van der Waals surface area (Å²) >= 11 is 1.40. The maximum Gasteiger partial charge on any atom is 0.322 e. The predicted octanol–water partition coefficient (Wildman–Crippen LogP) is 1.37. The summed E-state index contributed by atoms with van der Waals surface area (Å²) in [5.74, 6) is -0.940. The van der Waals surface area contributed by atoms with Gasteiger partial charge in [0.25, 0.3) is 0 Å². The highest BCUT2D eigenvalue weighted by molar-refractivity contribution is 8.01. The molecule has 1 fully saturated rings. The molecule has 2 atom stereocenters. The van der Waals surface area contributed by atoms with Crippen LogP contribution in [-0.4, -0.2) is 59.4 Å². The van der Waals surface area contributed by atoms with Crippen molar-refractivity contribution in [1.29, 1.82) is 0 Å². The van der Waals surface area contributed by atoms with Crippen LogP contribution in [0.1, 0.15) is 33.6 Å². The van der Waals surface area contributed by atoms with Crippen molar-refractivity contribution in [2.45, 2.75) is 51.1 Å². The van der Waals surface area contributed by atoms with Crippen molar-refractivity contribution in [3.8, 4) is 0 Å². The fourth-order valence-electron chi connectivity index (χ4n) is 2.06. The maximum absolute atomic E-state index is 12.4. The lowest BCUT2D eigenvalue weighted by Crippen LogP contribution is -2.47. The van der Waals surface area contributed by atoms with Gasteiger partial charge >= 0.3 is 5.97 Å². The van der Waals surface area contributed by atoms with E-state index >= 15 is 0 Å². The van der Waals surface area contributed by atoms with Gasteiger partial charge < -0.3 is 9.84 Å². The molecule has 1 aliphatic heterocycles. The largest absolute Gasteiger partial charge is 0.480 e. The molecule has 8 heteroatoms. The zero-order chi connectivity index (χ0) is 15.3. The summed E-state index contributed by atoms with van der Waals surface area (Å²) in [5, 5.41) is 8.92. The number of ether oxygens (including phenoxy) is 1. The summed E-state index contributed by atoms with van der Waals surface area (Å²) < 4.78 is 31.2. The average Bonchev–Trinajstić information content (AvgIpc) is 2.73. The van der Waals surface area contributed by atoms with Crippen molar-refractivity contribution in [2.24, 2.45) is 0 Å². The minimum atomic E-state index is -3.61. The van der Waals surface area contributed by atoms with Crippen LogP contribution in [0, 0.1) is 0 Å². The monoisotopic (exact) mass is 325 g/mol. The molecule has 1 N–H and O–H groups in total. The first-order valence-corrected chi connectivity index (χ1v) is 9.42. The number of aliphatic carboxylic acids is 1. The molecule has 0 aliphatic carbocycles. The number of carboxylic acid groups (broad SMARTS) is 1. The molecule has 0 amide bonds. The molecule has 0 spiro atoms. The van der Waals surface area contributed by atoms with Crippen LogP contribution >= 0.6 is 11.8 Å². The topological polar surface area (TPSA) is 83.9 Å². The van der Waals surface area contributed by atoms with E-state index in [4.69, 9.17) is 4.74 Å². The van der Waals surface area contributed by atoms with E-state index in [1.165, 1.54) is 16.1 Å². The third-order valence-electron chi connectivity index (χ3n) is 2.97. The van der Waals surface area contributed by atoms with E-state index in [-0.39, 0.29) is 23.8 Å². The lowest BCUT2D eigenvalue weighted by molar-refractivity contribution is -0.140. The molecular formula is C12H23NO5S2. The smallest absolute Gasteiger partial charge is 0.322 e. The fourth-order valence-corrected chi connectivity index (χ4v) is 5.66. The molecule has 118 valence electrons. The van der Waals surface area contributed by atoms with Gasteiger partial charge in [-0.2, -0.15) is 4.31 Å². The van der Waals surface area contributed by atoms with Crippen molar-refractivity contribution >= 4 is 27.8 Å². The number of thioether (sulfide) groups is 1. The van der Waals surface area contributed by atoms with E-state index < -0.39 is 22.0 Å². The Morgan fingerprint density at radius 1 is 1.50 bits per heavy atom. The first-order chi connectivity index (χ1) is 9.29. The number of hydrogen-bond acceptors (Lipinski definition) is 5. The Bertz CT molecular complexity index is 424. The van der Waals surface area contributed by atoms with Crippen LogP contribution in [0.3, 0.4) is 0 Å². The predicted molar refractivity (Wildman–Crippen MR) is 79.3 cm³/mol. The third kappa shape index (κ3) is 4.61. The van der Waals surface area contributed by atoms with Gasteiger partial charge in [0, 0.05) is 5.75 Å². The van der Waals surface area contributed by atoms with Gasteiger partial charge in [0.15, 0.2) is 0 Å². The molecule has 20 heavy (non-hydrogen) atoms. The van der Waals surface area contributed by atoms with E-state index in [1.54, 1.807) is 0 Å². The third-order valence-corrected chi connectivity index (χ3v) is 6.30. The lowest BCUT2D eigenvalue weighted by atomic mass is 10.3. The average molecular weight is 325 g/mol. The fraction of sp³-hybridized carbons (Fsp3) is 0.917. The van der Waals surface area contributed by atoms with Crippen LogP contribution in [0.15, 0.2) is 0 Å². The van der Waals surface area contributed by atoms with E-state index in [1.807, 2.05) is 20.8 Å². The number of rotatable bonds is 8. The Morgan fingerprint density at radius 3 is 2.65 bits per heavy atom. The normalized spacial score (nSPS) is 24.4. The molecule has 0 bridgehead atoms. The summed E-state index contributed by atoms with van der Waals surface area (Å²) in [4.78, 5) is 11.2. The van der Waals surface area contributed by atoms with Gasteiger partial charge in [0.2, 0.25) is 10.0 Å². The molecule has 0 radical (unpaired) electrons. The van der Waals surface area contributed by atoms with Crippen molar-refractivity contribution in [3.63, 3.8) is 0 Å². The van der Waals surface area contributed by atoms with Crippen LogP contribution in [0.5, 0.6) is 0 Å². The van der Waals surface area contributed by atoms with Gasteiger partial charge in [-0.15, -0.1) is 11.8 Å². The highest BCUT2D eigenvalue weighted by Crippen LogP contribution is 2.34. The van der Waals surface area contributed by atoms with Crippen LogP contribution in [-0.2, 0) is 19.6 Å². The minimum Gasteiger partial charge on any atom is -0.480 e. The van der Waals surface area contributed by atoms with Crippen molar-refractivity contribution < 1.29 is 23.1 Å². The number of carboxylic acids is 1. The molecule has 1 saturated heterocycles. The molecule has 0 aromatic heterocycles. The molecule has 6 nitrogen and oxygen atoms in total. The maximum atomic E-state index is 12.4. The Labute approximate surface area is 124 Å². The molecule has 0 aromatic rings. The molecule has 0 saturated carbocycles. The molecular weight excluding hydrogens is 302 g/mol. The van der Waals surface area contributed by atoms with E-state index in [9.17, 15) is 18.3 Å². The summed E-state index contributed by atoms with van der Waals surface area (Å²) in [5.41, 5.74) is 0. The quantitative estimate of drug-likeness (QED) is 0.725. The van der Waals surface area contributed by atoms with Gasteiger partial charge in [-0.1, -0.05) is 13.3 Å². The first-order valence-electron chi connectivity index (χ1n) is 6.76. The Morgan fingerprint density at radius 2 is 2.15 bits per heavy atom. The molecule has 1 aliphatic rings.